The molecule has 0 amide bonds. The molecule has 2 aromatic carbocycles. The molecule has 0 fully saturated rings. The van der Waals surface area contributed by atoms with Crippen LogP contribution in [0.1, 0.15) is 49.2 Å². The van der Waals surface area contributed by atoms with Gasteiger partial charge < -0.3 is 9.47 Å². The van der Waals surface area contributed by atoms with Crippen molar-refractivity contribution in [2.75, 3.05) is 0 Å². The Hall–Kier alpha value is -2.88. The van der Waals surface area contributed by atoms with Crippen LogP contribution in [-0.2, 0) is 10.2 Å². The molecule has 0 aliphatic carbocycles. The highest BCUT2D eigenvalue weighted by Crippen LogP contribution is 2.34. The normalized spacial score (nSPS) is 15.0. The van der Waals surface area contributed by atoms with E-state index in [2.05, 4.69) is 32.9 Å². The number of rotatable bonds is 2. The molecule has 4 heteroatoms. The maximum atomic E-state index is 12.5. The average Bonchev–Trinajstić information content (AvgIpc) is 2.83. The van der Waals surface area contributed by atoms with Gasteiger partial charge >= 0.3 is 5.97 Å². The zero-order valence-corrected chi connectivity index (χ0v) is 14.8. The van der Waals surface area contributed by atoms with Gasteiger partial charge in [0.15, 0.2) is 5.76 Å². The van der Waals surface area contributed by atoms with E-state index in [1.807, 2.05) is 12.1 Å². The van der Waals surface area contributed by atoms with E-state index >= 15 is 0 Å². The van der Waals surface area contributed by atoms with Gasteiger partial charge in [0.1, 0.15) is 11.5 Å². The number of benzene rings is 2. The minimum Gasteiger partial charge on any atom is -0.452 e. The van der Waals surface area contributed by atoms with Crippen molar-refractivity contribution in [3.05, 3.63) is 64.9 Å². The fraction of sp³-hybridized carbons (Fsp3) is 0.238. The summed E-state index contributed by atoms with van der Waals surface area (Å²) in [6.45, 7) is 7.78. The Labute approximate surface area is 147 Å². The van der Waals surface area contributed by atoms with Gasteiger partial charge in [-0.05, 0) is 40.8 Å². The Morgan fingerprint density at radius 1 is 1.08 bits per heavy atom. The summed E-state index contributed by atoms with van der Waals surface area (Å²) in [6.07, 6.45) is 1.72. The van der Waals surface area contributed by atoms with E-state index in [9.17, 15) is 9.59 Å². The van der Waals surface area contributed by atoms with Gasteiger partial charge in [0.25, 0.3) is 0 Å². The summed E-state index contributed by atoms with van der Waals surface area (Å²) in [5.74, 6) is 0.417. The first-order chi connectivity index (χ1) is 11.7. The Balaban J connectivity index is 1.86. The molecule has 0 aromatic heterocycles. The zero-order chi connectivity index (χ0) is 18.2. The molecule has 0 radical (unpaired) electrons. The summed E-state index contributed by atoms with van der Waals surface area (Å²) in [7, 11) is 0. The third-order valence-corrected chi connectivity index (χ3v) is 3.98. The highest BCUT2D eigenvalue weighted by atomic mass is 16.5. The van der Waals surface area contributed by atoms with Crippen LogP contribution in [0.2, 0.25) is 0 Å². The van der Waals surface area contributed by atoms with Crippen LogP contribution in [0.15, 0.2) is 48.2 Å². The minimum absolute atomic E-state index is 0.0781. The average molecular weight is 336 g/mol. The van der Waals surface area contributed by atoms with E-state index in [1.165, 1.54) is 18.6 Å². The zero-order valence-electron chi connectivity index (χ0n) is 14.8. The van der Waals surface area contributed by atoms with Crippen molar-refractivity contribution >= 4 is 17.8 Å². The monoisotopic (exact) mass is 336 g/mol. The van der Waals surface area contributed by atoms with Crippen LogP contribution in [0.4, 0.5) is 0 Å². The molecule has 25 heavy (non-hydrogen) atoms. The van der Waals surface area contributed by atoms with Gasteiger partial charge in [-0.2, -0.15) is 0 Å². The molecule has 3 rings (SSSR count). The first kappa shape index (κ1) is 17.0. The van der Waals surface area contributed by atoms with E-state index in [0.29, 0.717) is 17.1 Å². The van der Waals surface area contributed by atoms with E-state index in [-0.39, 0.29) is 17.0 Å². The summed E-state index contributed by atoms with van der Waals surface area (Å²) in [5.41, 5.74) is 2.60. The van der Waals surface area contributed by atoms with Crippen molar-refractivity contribution in [3.8, 4) is 11.5 Å². The maximum Gasteiger partial charge on any atom is 0.308 e. The second-order valence-electron chi connectivity index (χ2n) is 7.06. The lowest BCUT2D eigenvalue weighted by Crippen LogP contribution is -2.10. The molecule has 0 atom stereocenters. The van der Waals surface area contributed by atoms with E-state index in [0.717, 1.165) is 5.56 Å². The fourth-order valence-electron chi connectivity index (χ4n) is 2.63. The second-order valence-corrected chi connectivity index (χ2v) is 7.06. The number of allylic oxidation sites excluding steroid dienone is 1. The van der Waals surface area contributed by atoms with Gasteiger partial charge in [-0.25, -0.2) is 0 Å². The van der Waals surface area contributed by atoms with E-state index in [4.69, 9.17) is 9.47 Å². The number of hydrogen-bond donors (Lipinski definition) is 0. The smallest absolute Gasteiger partial charge is 0.308 e. The van der Waals surface area contributed by atoms with Crippen molar-refractivity contribution in [2.24, 2.45) is 0 Å². The topological polar surface area (TPSA) is 52.6 Å². The quantitative estimate of drug-likeness (QED) is 0.459. The predicted molar refractivity (Wildman–Crippen MR) is 95.8 cm³/mol. The number of carbonyl (C=O) groups excluding carboxylic acids is 2. The minimum atomic E-state index is -0.430. The number of carbonyl (C=O) groups is 2. The van der Waals surface area contributed by atoms with E-state index in [1.54, 1.807) is 18.2 Å². The predicted octanol–water partition coefficient (Wildman–Crippen LogP) is 4.53. The van der Waals surface area contributed by atoms with Crippen molar-refractivity contribution in [1.82, 2.24) is 0 Å². The molecule has 0 bridgehead atoms. The van der Waals surface area contributed by atoms with Gasteiger partial charge in [-0.15, -0.1) is 0 Å². The van der Waals surface area contributed by atoms with Crippen LogP contribution in [-0.4, -0.2) is 11.8 Å². The molecule has 0 unspecified atom stereocenters. The van der Waals surface area contributed by atoms with Crippen LogP contribution in [0.3, 0.4) is 0 Å². The number of Topliss-reactive ketones (excluding diaryl/α,β-unsaturated/α-hetero) is 1. The third kappa shape index (κ3) is 3.63. The van der Waals surface area contributed by atoms with Crippen molar-refractivity contribution in [3.63, 3.8) is 0 Å². The summed E-state index contributed by atoms with van der Waals surface area (Å²) in [5, 5.41) is 0. The lowest BCUT2D eigenvalue weighted by molar-refractivity contribution is -0.131. The van der Waals surface area contributed by atoms with Crippen molar-refractivity contribution < 1.29 is 19.1 Å². The van der Waals surface area contributed by atoms with Crippen LogP contribution in [0, 0.1) is 0 Å². The van der Waals surface area contributed by atoms with Crippen LogP contribution in [0.25, 0.3) is 6.08 Å². The molecule has 0 N–H and O–H groups in total. The SMILES string of the molecule is CC(=O)Oc1ccc2c(c1)C(=O)/C(=C/c1ccc(C(C)(C)C)cc1)O2. The van der Waals surface area contributed by atoms with E-state index < -0.39 is 5.97 Å². The highest BCUT2D eigenvalue weighted by molar-refractivity contribution is 6.14. The largest absolute Gasteiger partial charge is 0.452 e. The molecule has 0 spiro atoms. The molecule has 128 valence electrons. The van der Waals surface area contributed by atoms with Gasteiger partial charge in [0.05, 0.1) is 5.56 Å². The number of hydrogen-bond acceptors (Lipinski definition) is 4. The summed E-state index contributed by atoms with van der Waals surface area (Å²) >= 11 is 0. The lowest BCUT2D eigenvalue weighted by Gasteiger charge is -2.18. The molecular weight excluding hydrogens is 316 g/mol. The Bertz CT molecular complexity index is 868. The molecule has 0 saturated carbocycles. The van der Waals surface area contributed by atoms with Crippen molar-refractivity contribution in [2.45, 2.75) is 33.1 Å². The van der Waals surface area contributed by atoms with Crippen LogP contribution >= 0.6 is 0 Å². The Morgan fingerprint density at radius 2 is 1.76 bits per heavy atom. The Morgan fingerprint density at radius 3 is 2.36 bits per heavy atom. The summed E-state index contributed by atoms with van der Waals surface area (Å²) in [6, 6.07) is 12.8. The molecule has 4 nitrogen and oxygen atoms in total. The number of esters is 1. The first-order valence-electron chi connectivity index (χ1n) is 8.11. The maximum absolute atomic E-state index is 12.5. The number of fused-ring (bicyclic) bond motifs is 1. The first-order valence-corrected chi connectivity index (χ1v) is 8.11. The van der Waals surface area contributed by atoms with Crippen LogP contribution < -0.4 is 9.47 Å². The van der Waals surface area contributed by atoms with Gasteiger partial charge in [0.2, 0.25) is 5.78 Å². The second kappa shape index (κ2) is 6.20. The fourth-order valence-corrected chi connectivity index (χ4v) is 2.63. The van der Waals surface area contributed by atoms with Gasteiger partial charge in [-0.1, -0.05) is 45.0 Å². The standard InChI is InChI=1S/C21H20O4/c1-13(22)24-16-9-10-18-17(12-16)20(23)19(25-18)11-14-5-7-15(8-6-14)21(2,3)4/h5-12H,1-4H3/b19-11-. The van der Waals surface area contributed by atoms with Gasteiger partial charge in [-0.3, -0.25) is 9.59 Å². The molecule has 1 aliphatic rings. The number of ether oxygens (including phenoxy) is 2. The summed E-state index contributed by atoms with van der Waals surface area (Å²) < 4.78 is 10.7. The molecule has 1 heterocycles. The van der Waals surface area contributed by atoms with Crippen LogP contribution in [0.5, 0.6) is 11.5 Å². The summed E-state index contributed by atoms with van der Waals surface area (Å²) in [4.78, 5) is 23.6. The Kier molecular flexibility index (Phi) is 4.21. The third-order valence-electron chi connectivity index (χ3n) is 3.98. The van der Waals surface area contributed by atoms with Gasteiger partial charge in [0, 0.05) is 6.92 Å². The number of ketones is 1. The molecule has 2 aromatic rings. The molecular formula is C21H20O4. The molecule has 0 saturated heterocycles. The highest BCUT2D eigenvalue weighted by Gasteiger charge is 2.28. The van der Waals surface area contributed by atoms with Crippen molar-refractivity contribution in [1.29, 1.82) is 0 Å². The lowest BCUT2D eigenvalue weighted by atomic mass is 9.86. The molecule has 1 aliphatic heterocycles.